The largest absolute Gasteiger partial charge is 0.381 e. The maximum atomic E-state index is 4.93. The Labute approximate surface area is 77.7 Å². The van der Waals surface area contributed by atoms with Crippen LogP contribution in [0.2, 0.25) is 0 Å². The van der Waals surface area contributed by atoms with Gasteiger partial charge < -0.3 is 4.74 Å². The molecule has 0 N–H and O–H groups in total. The van der Waals surface area contributed by atoms with E-state index in [0.717, 1.165) is 0 Å². The van der Waals surface area contributed by atoms with Crippen molar-refractivity contribution in [3.05, 3.63) is 27.5 Å². The molecule has 0 spiro atoms. The molecule has 0 unspecified atom stereocenters. The molecule has 0 aromatic carbocycles. The second-order valence-electron chi connectivity index (χ2n) is 2.73. The molecular formula is C10H14OS. The van der Waals surface area contributed by atoms with Gasteiger partial charge in [0.1, 0.15) is 0 Å². The second kappa shape index (κ2) is 4.43. The molecule has 0 fully saturated rings. The molecule has 2 heteroatoms. The smallest absolute Gasteiger partial charge is 0.0646 e. The number of methoxy groups -OCH3 is 1. The van der Waals surface area contributed by atoms with Crippen molar-refractivity contribution in [2.24, 2.45) is 0 Å². The molecule has 0 amide bonds. The minimum absolute atomic E-state index is 0.689. The Kier molecular flexibility index (Phi) is 3.50. The van der Waals surface area contributed by atoms with Gasteiger partial charge in [-0.1, -0.05) is 12.2 Å². The Bertz CT molecular complexity index is 273. The van der Waals surface area contributed by atoms with Gasteiger partial charge in [-0.3, -0.25) is 0 Å². The third-order valence-electron chi connectivity index (χ3n) is 1.64. The van der Waals surface area contributed by atoms with E-state index in [9.17, 15) is 0 Å². The lowest BCUT2D eigenvalue weighted by atomic mass is 10.2. The predicted octanol–water partition coefficient (Wildman–Crippen LogP) is 3.02. The zero-order chi connectivity index (χ0) is 8.97. The van der Waals surface area contributed by atoms with Crippen LogP contribution in [0.15, 0.2) is 12.1 Å². The van der Waals surface area contributed by atoms with Gasteiger partial charge in [0.2, 0.25) is 0 Å². The summed E-state index contributed by atoms with van der Waals surface area (Å²) < 4.78 is 4.93. The van der Waals surface area contributed by atoms with E-state index in [1.54, 1.807) is 7.11 Å². The SMILES string of the molecule is COC/C=C\c1cc(C)sc1C. The normalized spacial score (nSPS) is 11.2. The summed E-state index contributed by atoms with van der Waals surface area (Å²) in [5, 5.41) is 0. The molecule has 0 aliphatic carbocycles. The first kappa shape index (κ1) is 9.49. The lowest BCUT2D eigenvalue weighted by Gasteiger charge is -1.89. The van der Waals surface area contributed by atoms with E-state index in [-0.39, 0.29) is 0 Å². The summed E-state index contributed by atoms with van der Waals surface area (Å²) in [7, 11) is 1.70. The molecule has 0 aliphatic rings. The van der Waals surface area contributed by atoms with Crippen LogP contribution in [-0.4, -0.2) is 13.7 Å². The molecule has 0 aliphatic heterocycles. The van der Waals surface area contributed by atoms with Gasteiger partial charge in [-0.05, 0) is 25.5 Å². The Morgan fingerprint density at radius 1 is 1.50 bits per heavy atom. The highest BCUT2D eigenvalue weighted by atomic mass is 32.1. The molecule has 12 heavy (non-hydrogen) atoms. The highest BCUT2D eigenvalue weighted by molar-refractivity contribution is 7.12. The highest BCUT2D eigenvalue weighted by Crippen LogP contribution is 2.21. The molecule has 1 aromatic heterocycles. The van der Waals surface area contributed by atoms with Crippen LogP contribution in [0.3, 0.4) is 0 Å². The average molecular weight is 182 g/mol. The number of hydrogen-bond donors (Lipinski definition) is 0. The van der Waals surface area contributed by atoms with E-state index in [0.29, 0.717) is 6.61 Å². The van der Waals surface area contributed by atoms with Crippen molar-refractivity contribution in [2.45, 2.75) is 13.8 Å². The van der Waals surface area contributed by atoms with Gasteiger partial charge in [-0.2, -0.15) is 0 Å². The molecule has 1 aromatic rings. The third kappa shape index (κ3) is 2.47. The fourth-order valence-corrected chi connectivity index (χ4v) is 2.00. The Balaban J connectivity index is 2.68. The van der Waals surface area contributed by atoms with Gasteiger partial charge in [-0.25, -0.2) is 0 Å². The van der Waals surface area contributed by atoms with Gasteiger partial charge in [-0.15, -0.1) is 11.3 Å². The standard InChI is InChI=1S/C10H14OS/c1-8-7-10(9(2)12-8)5-4-6-11-3/h4-5,7H,6H2,1-3H3/b5-4-. The van der Waals surface area contributed by atoms with Crippen molar-refractivity contribution in [2.75, 3.05) is 13.7 Å². The first-order valence-corrected chi connectivity index (χ1v) is 4.78. The summed E-state index contributed by atoms with van der Waals surface area (Å²) in [5.74, 6) is 0. The predicted molar refractivity (Wildman–Crippen MR) is 54.7 cm³/mol. The molecule has 1 heterocycles. The minimum Gasteiger partial charge on any atom is -0.381 e. The van der Waals surface area contributed by atoms with Crippen LogP contribution in [0.25, 0.3) is 6.08 Å². The molecule has 66 valence electrons. The summed E-state index contributed by atoms with van der Waals surface area (Å²) in [5.41, 5.74) is 1.31. The molecule has 0 saturated heterocycles. The molecular weight excluding hydrogens is 168 g/mol. The fraction of sp³-hybridized carbons (Fsp3) is 0.400. The maximum absolute atomic E-state index is 4.93. The van der Waals surface area contributed by atoms with E-state index in [2.05, 4.69) is 26.0 Å². The molecule has 0 saturated carbocycles. The first-order valence-electron chi connectivity index (χ1n) is 3.96. The van der Waals surface area contributed by atoms with Crippen molar-refractivity contribution >= 4 is 17.4 Å². The van der Waals surface area contributed by atoms with Crippen LogP contribution in [0.5, 0.6) is 0 Å². The van der Waals surface area contributed by atoms with Crippen LogP contribution in [0.4, 0.5) is 0 Å². The van der Waals surface area contributed by atoms with Crippen molar-refractivity contribution < 1.29 is 4.74 Å². The molecule has 0 bridgehead atoms. The Morgan fingerprint density at radius 3 is 2.75 bits per heavy atom. The van der Waals surface area contributed by atoms with E-state index < -0.39 is 0 Å². The van der Waals surface area contributed by atoms with Gasteiger partial charge in [0.15, 0.2) is 0 Å². The van der Waals surface area contributed by atoms with Gasteiger partial charge in [0.25, 0.3) is 0 Å². The van der Waals surface area contributed by atoms with Crippen molar-refractivity contribution in [1.82, 2.24) is 0 Å². The summed E-state index contributed by atoms with van der Waals surface area (Å²) in [4.78, 5) is 2.74. The maximum Gasteiger partial charge on any atom is 0.0646 e. The highest BCUT2D eigenvalue weighted by Gasteiger charge is 1.97. The zero-order valence-corrected chi connectivity index (χ0v) is 8.57. The van der Waals surface area contributed by atoms with Gasteiger partial charge in [0, 0.05) is 16.9 Å². The first-order chi connectivity index (χ1) is 5.74. The van der Waals surface area contributed by atoms with Crippen LogP contribution < -0.4 is 0 Å². The lowest BCUT2D eigenvalue weighted by Crippen LogP contribution is -1.79. The quantitative estimate of drug-likeness (QED) is 0.698. The number of thiophene rings is 1. The van der Waals surface area contributed by atoms with Crippen LogP contribution in [0.1, 0.15) is 15.3 Å². The number of hydrogen-bond acceptors (Lipinski definition) is 2. The van der Waals surface area contributed by atoms with E-state index in [4.69, 9.17) is 4.74 Å². The van der Waals surface area contributed by atoms with E-state index in [1.807, 2.05) is 17.4 Å². The van der Waals surface area contributed by atoms with Crippen LogP contribution in [-0.2, 0) is 4.74 Å². The number of rotatable bonds is 3. The Morgan fingerprint density at radius 2 is 2.25 bits per heavy atom. The fourth-order valence-electron chi connectivity index (χ4n) is 1.09. The van der Waals surface area contributed by atoms with Crippen LogP contribution >= 0.6 is 11.3 Å². The van der Waals surface area contributed by atoms with Gasteiger partial charge in [0.05, 0.1) is 6.61 Å². The van der Waals surface area contributed by atoms with Crippen molar-refractivity contribution in [3.8, 4) is 0 Å². The molecule has 0 radical (unpaired) electrons. The second-order valence-corrected chi connectivity index (χ2v) is 4.19. The number of aryl methyl sites for hydroxylation is 2. The minimum atomic E-state index is 0.689. The topological polar surface area (TPSA) is 9.23 Å². The summed E-state index contributed by atoms with van der Waals surface area (Å²) in [6.45, 7) is 4.96. The lowest BCUT2D eigenvalue weighted by molar-refractivity contribution is 0.234. The summed E-state index contributed by atoms with van der Waals surface area (Å²) >= 11 is 1.84. The molecule has 0 atom stereocenters. The van der Waals surface area contributed by atoms with Crippen molar-refractivity contribution in [3.63, 3.8) is 0 Å². The zero-order valence-electron chi connectivity index (χ0n) is 7.76. The van der Waals surface area contributed by atoms with Crippen molar-refractivity contribution in [1.29, 1.82) is 0 Å². The number of ether oxygens (including phenoxy) is 1. The van der Waals surface area contributed by atoms with Crippen LogP contribution in [0, 0.1) is 13.8 Å². The van der Waals surface area contributed by atoms with E-state index in [1.165, 1.54) is 15.3 Å². The van der Waals surface area contributed by atoms with Gasteiger partial charge >= 0.3 is 0 Å². The summed E-state index contributed by atoms with van der Waals surface area (Å²) in [6.07, 6.45) is 4.15. The summed E-state index contributed by atoms with van der Waals surface area (Å²) in [6, 6.07) is 2.20. The van der Waals surface area contributed by atoms with E-state index >= 15 is 0 Å². The molecule has 1 nitrogen and oxygen atoms in total. The monoisotopic (exact) mass is 182 g/mol. The average Bonchev–Trinajstić information content (AvgIpc) is 2.31. The molecule has 1 rings (SSSR count). The third-order valence-corrected chi connectivity index (χ3v) is 2.62. The Hall–Kier alpha value is -0.600.